The number of aldehydes is 1. The maximum absolute atomic E-state index is 12.8. The van der Waals surface area contributed by atoms with E-state index in [1.54, 1.807) is 0 Å². The van der Waals surface area contributed by atoms with E-state index >= 15 is 0 Å². The van der Waals surface area contributed by atoms with Gasteiger partial charge in [-0.2, -0.15) is 0 Å². The van der Waals surface area contributed by atoms with Crippen LogP contribution in [0.15, 0.2) is 11.3 Å². The van der Waals surface area contributed by atoms with Crippen molar-refractivity contribution in [3.63, 3.8) is 0 Å². The largest absolute Gasteiger partial charge is 0.509 e. The number of fused-ring (bicyclic) bond motifs is 5. The maximum Gasteiger partial charge on any atom is 0.163 e. The van der Waals surface area contributed by atoms with Crippen LogP contribution in [0.3, 0.4) is 0 Å². The van der Waals surface area contributed by atoms with E-state index in [1.807, 2.05) is 6.92 Å². The average Bonchev–Trinajstić information content (AvgIpc) is 2.86. The highest BCUT2D eigenvalue weighted by molar-refractivity contribution is 6.03. The first kappa shape index (κ1) is 16.0. The Balaban J connectivity index is 1.82. The third kappa shape index (κ3) is 1.76. The molecule has 2 N–H and O–H groups in total. The Bertz CT molecular complexity index is 665. The van der Waals surface area contributed by atoms with Gasteiger partial charge in [-0.25, -0.2) is 0 Å². The smallest absolute Gasteiger partial charge is 0.163 e. The van der Waals surface area contributed by atoms with Crippen LogP contribution in [0, 0.1) is 28.6 Å². The zero-order valence-corrected chi connectivity index (χ0v) is 14.0. The Morgan fingerprint density at radius 1 is 1.12 bits per heavy atom. The van der Waals surface area contributed by atoms with Gasteiger partial charge in [-0.1, -0.05) is 6.92 Å². The number of hydrogen-bond acceptors (Lipinski definition) is 5. The van der Waals surface area contributed by atoms with Crippen LogP contribution >= 0.6 is 0 Å². The molecule has 4 aliphatic carbocycles. The van der Waals surface area contributed by atoms with Gasteiger partial charge in [-0.3, -0.25) is 9.59 Å². The molecule has 0 heterocycles. The van der Waals surface area contributed by atoms with Crippen molar-refractivity contribution in [1.29, 1.82) is 0 Å². The summed E-state index contributed by atoms with van der Waals surface area (Å²) in [7, 11) is 0. The molecule has 4 rings (SSSR count). The Morgan fingerprint density at radius 3 is 2.58 bits per heavy atom. The molecule has 0 saturated heterocycles. The summed E-state index contributed by atoms with van der Waals surface area (Å²) in [6.07, 6.45) is 3.62. The van der Waals surface area contributed by atoms with Crippen molar-refractivity contribution in [1.82, 2.24) is 0 Å². The molecule has 0 amide bonds. The van der Waals surface area contributed by atoms with Crippen molar-refractivity contribution in [3.8, 4) is 0 Å². The standard InChI is InChI=1S/C19H24O5/c1-18-6-4-12-10(11(18)2-3-15(18)23)8-14(22)16-17(24)13(21)5-7-19(12,16)9-20/h9-13,21,24H,2-8H2,1H3/t10-,11-,12-,13-,18-,19-/m0/s1. The van der Waals surface area contributed by atoms with Gasteiger partial charge in [0, 0.05) is 23.8 Å². The molecule has 5 heteroatoms. The topological polar surface area (TPSA) is 91.7 Å². The molecule has 0 aromatic heterocycles. The average molecular weight is 332 g/mol. The van der Waals surface area contributed by atoms with E-state index in [9.17, 15) is 24.6 Å². The molecule has 3 fully saturated rings. The Morgan fingerprint density at radius 2 is 1.88 bits per heavy atom. The summed E-state index contributed by atoms with van der Waals surface area (Å²) in [5, 5.41) is 20.3. The number of aliphatic hydroxyl groups excluding tert-OH is 2. The van der Waals surface area contributed by atoms with Gasteiger partial charge in [0.05, 0.1) is 5.41 Å². The molecule has 0 aromatic carbocycles. The Labute approximate surface area is 141 Å². The Kier molecular flexibility index (Phi) is 3.34. The molecule has 0 aliphatic heterocycles. The second-order valence-electron chi connectivity index (χ2n) is 8.40. The van der Waals surface area contributed by atoms with Crippen molar-refractivity contribution in [3.05, 3.63) is 11.3 Å². The lowest BCUT2D eigenvalue weighted by molar-refractivity contribution is -0.143. The summed E-state index contributed by atoms with van der Waals surface area (Å²) in [5.41, 5.74) is -1.18. The number of ketones is 2. The first-order chi connectivity index (χ1) is 11.3. The van der Waals surface area contributed by atoms with E-state index in [0.29, 0.717) is 25.0 Å². The van der Waals surface area contributed by atoms with Crippen molar-refractivity contribution < 1.29 is 24.6 Å². The van der Waals surface area contributed by atoms with Gasteiger partial charge in [-0.05, 0) is 49.9 Å². The lowest BCUT2D eigenvalue weighted by atomic mass is 9.47. The lowest BCUT2D eigenvalue weighted by Gasteiger charge is -2.55. The van der Waals surface area contributed by atoms with Crippen LogP contribution in [0.5, 0.6) is 0 Å². The molecule has 3 saturated carbocycles. The first-order valence-electron chi connectivity index (χ1n) is 8.99. The molecule has 4 aliphatic rings. The number of Topliss-reactive ketones (excluding diaryl/α,β-unsaturated/α-hetero) is 2. The van der Waals surface area contributed by atoms with E-state index in [1.165, 1.54) is 0 Å². The van der Waals surface area contributed by atoms with Gasteiger partial charge in [0.15, 0.2) is 5.78 Å². The molecule has 0 bridgehead atoms. The monoisotopic (exact) mass is 332 g/mol. The van der Waals surface area contributed by atoms with Crippen molar-refractivity contribution in [2.75, 3.05) is 0 Å². The summed E-state index contributed by atoms with van der Waals surface area (Å²) in [6, 6.07) is 0. The highest BCUT2D eigenvalue weighted by Gasteiger charge is 2.63. The summed E-state index contributed by atoms with van der Waals surface area (Å²) >= 11 is 0. The minimum atomic E-state index is -1.05. The number of rotatable bonds is 1. The highest BCUT2D eigenvalue weighted by Crippen LogP contribution is 2.63. The summed E-state index contributed by atoms with van der Waals surface area (Å²) < 4.78 is 0. The van der Waals surface area contributed by atoms with Crippen LogP contribution < -0.4 is 0 Å². The minimum Gasteiger partial charge on any atom is -0.509 e. The van der Waals surface area contributed by atoms with E-state index in [2.05, 4.69) is 0 Å². The third-order valence-electron chi connectivity index (χ3n) is 7.59. The fraction of sp³-hybridized carbons (Fsp3) is 0.737. The van der Waals surface area contributed by atoms with Crippen molar-refractivity contribution in [2.24, 2.45) is 28.6 Å². The predicted octanol–water partition coefficient (Wildman–Crippen LogP) is 2.12. The maximum atomic E-state index is 12.8. The van der Waals surface area contributed by atoms with Gasteiger partial charge < -0.3 is 15.0 Å². The van der Waals surface area contributed by atoms with E-state index in [-0.39, 0.29) is 46.7 Å². The molecule has 5 nitrogen and oxygen atoms in total. The second-order valence-corrected chi connectivity index (χ2v) is 8.40. The number of carbonyl (C=O) groups is 3. The minimum absolute atomic E-state index is 0.0127. The highest BCUT2D eigenvalue weighted by atomic mass is 16.3. The van der Waals surface area contributed by atoms with Crippen molar-refractivity contribution in [2.45, 2.75) is 58.0 Å². The number of carbonyl (C=O) groups excluding carboxylic acids is 3. The third-order valence-corrected chi connectivity index (χ3v) is 7.59. The molecule has 24 heavy (non-hydrogen) atoms. The Hall–Kier alpha value is -1.49. The zero-order chi connectivity index (χ0) is 17.3. The van der Waals surface area contributed by atoms with E-state index < -0.39 is 11.5 Å². The fourth-order valence-electron chi connectivity index (χ4n) is 6.32. The van der Waals surface area contributed by atoms with Crippen LogP contribution in [-0.4, -0.2) is 34.2 Å². The predicted molar refractivity (Wildman–Crippen MR) is 85.1 cm³/mol. The van der Waals surface area contributed by atoms with Crippen LogP contribution in [-0.2, 0) is 14.4 Å². The van der Waals surface area contributed by atoms with Crippen molar-refractivity contribution >= 4 is 17.9 Å². The summed E-state index contributed by atoms with van der Waals surface area (Å²) in [4.78, 5) is 37.3. The van der Waals surface area contributed by atoms with Gasteiger partial charge in [0.25, 0.3) is 0 Å². The molecule has 130 valence electrons. The first-order valence-corrected chi connectivity index (χ1v) is 8.99. The molecule has 0 unspecified atom stereocenters. The zero-order valence-electron chi connectivity index (χ0n) is 14.0. The van der Waals surface area contributed by atoms with Gasteiger partial charge in [0.1, 0.15) is 23.9 Å². The number of aliphatic hydroxyl groups is 2. The molecular weight excluding hydrogens is 308 g/mol. The van der Waals surface area contributed by atoms with E-state index in [4.69, 9.17) is 0 Å². The summed E-state index contributed by atoms with van der Waals surface area (Å²) in [5.74, 6) is -0.0567. The lowest BCUT2D eigenvalue weighted by Crippen LogP contribution is -2.55. The summed E-state index contributed by atoms with van der Waals surface area (Å²) in [6.45, 7) is 2.02. The number of hydrogen-bond donors (Lipinski definition) is 2. The molecule has 0 radical (unpaired) electrons. The fourth-order valence-corrected chi connectivity index (χ4v) is 6.32. The molecule has 6 atom stereocenters. The van der Waals surface area contributed by atoms with Crippen LogP contribution in [0.25, 0.3) is 0 Å². The molecular formula is C19H24O5. The van der Waals surface area contributed by atoms with E-state index in [0.717, 1.165) is 25.5 Å². The van der Waals surface area contributed by atoms with Crippen LogP contribution in [0.1, 0.15) is 51.9 Å². The molecule has 0 aromatic rings. The van der Waals surface area contributed by atoms with Gasteiger partial charge >= 0.3 is 0 Å². The number of allylic oxidation sites excluding steroid dienone is 1. The molecule has 0 spiro atoms. The SMILES string of the molecule is C[C@]12CC[C@H]3[C@@H](CC(=O)C4=C(O)[C@@H](O)CC[C@@]43C=O)[C@@H]1CCC2=O. The quantitative estimate of drug-likeness (QED) is 0.718. The normalized spacial score (nSPS) is 47.9. The second kappa shape index (κ2) is 5.01. The van der Waals surface area contributed by atoms with Gasteiger partial charge in [0.2, 0.25) is 0 Å². The van der Waals surface area contributed by atoms with Crippen LogP contribution in [0.4, 0.5) is 0 Å². The van der Waals surface area contributed by atoms with Crippen LogP contribution in [0.2, 0.25) is 0 Å². The van der Waals surface area contributed by atoms with Gasteiger partial charge in [-0.15, -0.1) is 0 Å².